The van der Waals surface area contributed by atoms with E-state index in [0.29, 0.717) is 18.3 Å². The van der Waals surface area contributed by atoms with Crippen molar-refractivity contribution in [2.75, 3.05) is 11.0 Å². The molecule has 1 aliphatic rings. The fraction of sp³-hybridized carbons (Fsp3) is 0.720. The number of rotatable bonds is 9. The van der Waals surface area contributed by atoms with Crippen LogP contribution >= 0.6 is 22.6 Å². The monoisotopic (exact) mass is 530 g/mol. The molecule has 0 saturated heterocycles. The van der Waals surface area contributed by atoms with E-state index in [9.17, 15) is 9.90 Å². The van der Waals surface area contributed by atoms with E-state index in [-0.39, 0.29) is 17.3 Å². The van der Waals surface area contributed by atoms with Gasteiger partial charge in [0.1, 0.15) is 5.75 Å². The molecule has 1 aromatic rings. The zero-order valence-corrected chi connectivity index (χ0v) is 21.6. The molecule has 170 valence electrons. The maximum atomic E-state index is 12.8. The van der Waals surface area contributed by atoms with Crippen LogP contribution in [0.25, 0.3) is 0 Å². The Hall–Kier alpha value is -0.820. The lowest BCUT2D eigenvalue weighted by atomic mass is 9.68. The van der Waals surface area contributed by atoms with E-state index in [1.165, 1.54) is 5.56 Å². The molecule has 0 bridgehead atoms. The van der Waals surface area contributed by atoms with E-state index in [0.717, 1.165) is 42.1 Å². The molecule has 2 rings (SSSR count). The lowest BCUT2D eigenvalue weighted by Gasteiger charge is -2.43. The third-order valence-corrected chi connectivity index (χ3v) is 8.16. The van der Waals surface area contributed by atoms with Gasteiger partial charge >= 0.3 is 5.97 Å². The Morgan fingerprint density at radius 2 is 2.07 bits per heavy atom. The van der Waals surface area contributed by atoms with Gasteiger partial charge in [0.25, 0.3) is 0 Å². The summed E-state index contributed by atoms with van der Waals surface area (Å²) in [5.41, 5.74) is 1.48. The van der Waals surface area contributed by atoms with Crippen LogP contribution in [0.3, 0.4) is 0 Å². The number of hydrogen-bond acceptors (Lipinski definition) is 4. The molecule has 4 atom stereocenters. The number of carbonyl (C=O) groups is 1. The van der Waals surface area contributed by atoms with E-state index in [4.69, 9.17) is 9.47 Å². The highest BCUT2D eigenvalue weighted by Gasteiger charge is 2.44. The van der Waals surface area contributed by atoms with Crippen LogP contribution < -0.4 is 0 Å². The van der Waals surface area contributed by atoms with Gasteiger partial charge < -0.3 is 14.6 Å². The van der Waals surface area contributed by atoms with Gasteiger partial charge in [-0.3, -0.25) is 4.79 Å². The Labute approximate surface area is 196 Å². The second-order valence-corrected chi connectivity index (χ2v) is 10.6. The Bertz CT molecular complexity index is 717. The van der Waals surface area contributed by atoms with Crippen LogP contribution in [-0.4, -0.2) is 28.4 Å². The summed E-state index contributed by atoms with van der Waals surface area (Å²) in [6, 6.07) is 6.04. The molecule has 0 aliphatic heterocycles. The van der Waals surface area contributed by atoms with Crippen LogP contribution in [0.1, 0.15) is 96.6 Å². The van der Waals surface area contributed by atoms with Crippen molar-refractivity contribution in [3.8, 4) is 5.75 Å². The van der Waals surface area contributed by atoms with Crippen LogP contribution in [0.5, 0.6) is 5.75 Å². The number of hydrogen-bond donors (Lipinski definition) is 1. The van der Waals surface area contributed by atoms with Crippen LogP contribution in [0.15, 0.2) is 18.2 Å². The molecule has 0 radical (unpaired) electrons. The SMILES string of the molecule is CCOC(OC(=O)C(C)(C)CC)C1(C)CCCC(c2cc(C(C)CI)ccc2O)C1. The number of aromatic hydroxyl groups is 1. The Morgan fingerprint density at radius 1 is 1.37 bits per heavy atom. The molecule has 0 spiro atoms. The van der Waals surface area contributed by atoms with Crippen molar-refractivity contribution >= 4 is 28.6 Å². The van der Waals surface area contributed by atoms with E-state index in [1.807, 2.05) is 39.8 Å². The van der Waals surface area contributed by atoms with Crippen molar-refractivity contribution in [1.82, 2.24) is 0 Å². The summed E-state index contributed by atoms with van der Waals surface area (Å²) in [5, 5.41) is 10.6. The number of phenolic OH excluding ortho intramolecular Hbond substituents is 1. The van der Waals surface area contributed by atoms with Gasteiger partial charge in [0.15, 0.2) is 0 Å². The van der Waals surface area contributed by atoms with Crippen molar-refractivity contribution in [2.24, 2.45) is 10.8 Å². The first-order valence-corrected chi connectivity index (χ1v) is 12.8. The molecule has 1 N–H and O–H groups in total. The summed E-state index contributed by atoms with van der Waals surface area (Å²) in [5.74, 6) is 0.845. The van der Waals surface area contributed by atoms with E-state index in [2.05, 4.69) is 42.5 Å². The van der Waals surface area contributed by atoms with Gasteiger partial charge in [-0.15, -0.1) is 0 Å². The van der Waals surface area contributed by atoms with Crippen LogP contribution in [-0.2, 0) is 14.3 Å². The molecule has 1 aromatic carbocycles. The van der Waals surface area contributed by atoms with Gasteiger partial charge in [-0.1, -0.05) is 61.9 Å². The third-order valence-electron chi connectivity index (χ3n) is 6.84. The third kappa shape index (κ3) is 5.90. The smallest absolute Gasteiger partial charge is 0.313 e. The molecule has 1 fully saturated rings. The van der Waals surface area contributed by atoms with E-state index >= 15 is 0 Å². The summed E-state index contributed by atoms with van der Waals surface area (Å²) in [6.07, 6.45) is 3.97. The average Bonchev–Trinajstić information content (AvgIpc) is 2.73. The predicted octanol–water partition coefficient (Wildman–Crippen LogP) is 6.94. The molecule has 0 heterocycles. The molecule has 0 aromatic heterocycles. The number of benzene rings is 1. The summed E-state index contributed by atoms with van der Waals surface area (Å²) < 4.78 is 13.0. The highest BCUT2D eigenvalue weighted by Crippen LogP contribution is 2.49. The lowest BCUT2D eigenvalue weighted by Crippen LogP contribution is -2.43. The normalized spacial score (nSPS) is 24.3. The molecule has 30 heavy (non-hydrogen) atoms. The van der Waals surface area contributed by atoms with E-state index in [1.54, 1.807) is 0 Å². The fourth-order valence-corrected chi connectivity index (χ4v) is 4.73. The minimum absolute atomic E-state index is 0.201. The Balaban J connectivity index is 2.28. The first kappa shape index (κ1) is 25.4. The number of ether oxygens (including phenoxy) is 2. The largest absolute Gasteiger partial charge is 0.508 e. The zero-order valence-electron chi connectivity index (χ0n) is 19.5. The quantitative estimate of drug-likeness (QED) is 0.163. The maximum Gasteiger partial charge on any atom is 0.313 e. The van der Waals surface area contributed by atoms with Gasteiger partial charge in [0.05, 0.1) is 5.41 Å². The van der Waals surface area contributed by atoms with Gasteiger partial charge in [0, 0.05) is 16.4 Å². The predicted molar refractivity (Wildman–Crippen MR) is 130 cm³/mol. The first-order chi connectivity index (χ1) is 14.1. The summed E-state index contributed by atoms with van der Waals surface area (Å²) >= 11 is 2.41. The molecule has 1 aliphatic carbocycles. The summed E-state index contributed by atoms with van der Waals surface area (Å²) in [7, 11) is 0. The molecule has 4 nitrogen and oxygen atoms in total. The van der Waals surface area contributed by atoms with Gasteiger partial charge in [-0.25, -0.2) is 0 Å². The van der Waals surface area contributed by atoms with Crippen molar-refractivity contribution in [1.29, 1.82) is 0 Å². The number of alkyl halides is 1. The van der Waals surface area contributed by atoms with Crippen LogP contribution in [0.2, 0.25) is 0 Å². The molecule has 4 unspecified atom stereocenters. The molecular formula is C25H39IO4. The highest BCUT2D eigenvalue weighted by molar-refractivity contribution is 14.1. The number of carbonyl (C=O) groups excluding carboxylic acids is 1. The Morgan fingerprint density at radius 3 is 2.67 bits per heavy atom. The van der Waals surface area contributed by atoms with Crippen LogP contribution in [0.4, 0.5) is 0 Å². The summed E-state index contributed by atoms with van der Waals surface area (Å²) in [4.78, 5) is 12.8. The van der Waals surface area contributed by atoms with Crippen molar-refractivity contribution in [3.63, 3.8) is 0 Å². The number of phenols is 1. The number of esters is 1. The standard InChI is InChI=1S/C25H39IO4/c1-7-24(4,5)22(28)30-23(29-8-2)25(6)13-9-10-19(15-25)20-14-18(17(3)16-26)11-12-21(20)27/h11-12,14,17,19,23,27H,7-10,13,15-16H2,1-6H3. The molecule has 5 heteroatoms. The molecule has 1 saturated carbocycles. The molecular weight excluding hydrogens is 491 g/mol. The second kappa shape index (κ2) is 10.7. The Kier molecular flexibility index (Phi) is 9.04. The average molecular weight is 530 g/mol. The second-order valence-electron chi connectivity index (χ2n) is 9.75. The fourth-order valence-electron chi connectivity index (χ4n) is 4.22. The minimum Gasteiger partial charge on any atom is -0.508 e. The minimum atomic E-state index is -0.567. The topological polar surface area (TPSA) is 55.8 Å². The van der Waals surface area contributed by atoms with Crippen molar-refractivity contribution in [2.45, 2.75) is 91.8 Å². The van der Waals surface area contributed by atoms with Crippen LogP contribution in [0, 0.1) is 10.8 Å². The molecule has 0 amide bonds. The van der Waals surface area contributed by atoms with Gasteiger partial charge in [-0.2, -0.15) is 0 Å². The van der Waals surface area contributed by atoms with Gasteiger partial charge in [0.2, 0.25) is 6.29 Å². The van der Waals surface area contributed by atoms with Crippen molar-refractivity contribution < 1.29 is 19.4 Å². The van der Waals surface area contributed by atoms with E-state index < -0.39 is 11.7 Å². The lowest BCUT2D eigenvalue weighted by molar-refractivity contribution is -0.221. The first-order valence-electron chi connectivity index (χ1n) is 11.3. The van der Waals surface area contributed by atoms with Crippen molar-refractivity contribution in [3.05, 3.63) is 29.3 Å². The zero-order chi connectivity index (χ0) is 22.5. The maximum absolute atomic E-state index is 12.8. The highest BCUT2D eigenvalue weighted by atomic mass is 127. The summed E-state index contributed by atoms with van der Waals surface area (Å²) in [6.45, 7) is 12.7. The number of halogens is 1. The van der Waals surface area contributed by atoms with Gasteiger partial charge in [-0.05, 0) is 75.5 Å².